The predicted molar refractivity (Wildman–Crippen MR) is 87.6 cm³/mol. The standard InChI is InChI=1S/C14H22N2S2/c1-4-14(5-2,18-3)10-16-12-8-6-11(7-9-12)13(15)17/h6-9,16H,4-5,10H2,1-3H3,(H2,15,17). The molecule has 100 valence electrons. The molecule has 18 heavy (non-hydrogen) atoms. The van der Waals surface area contributed by atoms with Gasteiger partial charge in [0.15, 0.2) is 0 Å². The summed E-state index contributed by atoms with van der Waals surface area (Å²) in [6.07, 6.45) is 4.52. The Kier molecular flexibility index (Phi) is 5.96. The lowest BCUT2D eigenvalue weighted by Gasteiger charge is -2.30. The van der Waals surface area contributed by atoms with Crippen molar-refractivity contribution in [3.05, 3.63) is 29.8 Å². The minimum atomic E-state index is 0.321. The summed E-state index contributed by atoms with van der Waals surface area (Å²) >= 11 is 6.88. The molecule has 0 amide bonds. The van der Waals surface area contributed by atoms with Crippen LogP contribution in [0.2, 0.25) is 0 Å². The highest BCUT2D eigenvalue weighted by atomic mass is 32.2. The van der Waals surface area contributed by atoms with E-state index in [1.165, 1.54) is 12.8 Å². The fraction of sp³-hybridized carbons (Fsp3) is 0.500. The predicted octanol–water partition coefficient (Wildman–Crippen LogP) is 3.65. The first kappa shape index (κ1) is 15.3. The number of hydrogen-bond donors (Lipinski definition) is 2. The van der Waals surface area contributed by atoms with Crippen LogP contribution in [0.4, 0.5) is 5.69 Å². The Bertz CT molecular complexity index is 375. The second-order valence-electron chi connectivity index (χ2n) is 4.39. The molecule has 0 unspecified atom stereocenters. The second-order valence-corrected chi connectivity index (χ2v) is 6.10. The van der Waals surface area contributed by atoms with Gasteiger partial charge in [-0.2, -0.15) is 11.8 Å². The second kappa shape index (κ2) is 7.00. The van der Waals surface area contributed by atoms with Crippen molar-refractivity contribution in [3.63, 3.8) is 0 Å². The summed E-state index contributed by atoms with van der Waals surface area (Å²) in [7, 11) is 0. The SMILES string of the molecule is CCC(CC)(CNc1ccc(C(N)=S)cc1)SC. The zero-order valence-corrected chi connectivity index (χ0v) is 13.0. The Hall–Kier alpha value is -0.740. The molecule has 0 heterocycles. The molecule has 1 aromatic rings. The van der Waals surface area contributed by atoms with Crippen LogP contribution in [0, 0.1) is 0 Å². The summed E-state index contributed by atoms with van der Waals surface area (Å²) in [5.41, 5.74) is 7.61. The Balaban J connectivity index is 2.65. The van der Waals surface area contributed by atoms with Gasteiger partial charge in [-0.15, -0.1) is 0 Å². The van der Waals surface area contributed by atoms with Crippen molar-refractivity contribution >= 4 is 34.7 Å². The van der Waals surface area contributed by atoms with E-state index in [2.05, 4.69) is 25.4 Å². The molecule has 3 N–H and O–H groups in total. The summed E-state index contributed by atoms with van der Waals surface area (Å²) in [5.74, 6) is 0. The summed E-state index contributed by atoms with van der Waals surface area (Å²) < 4.78 is 0.321. The smallest absolute Gasteiger partial charge is 0.103 e. The van der Waals surface area contributed by atoms with Crippen molar-refractivity contribution in [1.29, 1.82) is 0 Å². The Labute approximate surface area is 120 Å². The van der Waals surface area contributed by atoms with Crippen LogP contribution in [-0.2, 0) is 0 Å². The Morgan fingerprint density at radius 1 is 1.28 bits per heavy atom. The van der Waals surface area contributed by atoms with Crippen LogP contribution in [0.1, 0.15) is 32.3 Å². The number of thiocarbonyl (C=S) groups is 1. The van der Waals surface area contributed by atoms with Gasteiger partial charge in [0.2, 0.25) is 0 Å². The molecule has 1 rings (SSSR count). The van der Waals surface area contributed by atoms with Gasteiger partial charge in [-0.05, 0) is 43.4 Å². The Morgan fingerprint density at radius 2 is 1.83 bits per heavy atom. The van der Waals surface area contributed by atoms with E-state index in [1.807, 2.05) is 36.0 Å². The van der Waals surface area contributed by atoms with Gasteiger partial charge < -0.3 is 11.1 Å². The molecule has 0 atom stereocenters. The van der Waals surface area contributed by atoms with Crippen LogP contribution >= 0.6 is 24.0 Å². The Morgan fingerprint density at radius 3 is 2.22 bits per heavy atom. The highest BCUT2D eigenvalue weighted by molar-refractivity contribution is 8.00. The molecule has 2 nitrogen and oxygen atoms in total. The van der Waals surface area contributed by atoms with E-state index >= 15 is 0 Å². The first-order valence-corrected chi connectivity index (χ1v) is 7.89. The van der Waals surface area contributed by atoms with Crippen LogP contribution in [-0.4, -0.2) is 22.5 Å². The summed E-state index contributed by atoms with van der Waals surface area (Å²) in [6, 6.07) is 7.99. The molecule has 4 heteroatoms. The molecular formula is C14H22N2S2. The third-order valence-electron chi connectivity index (χ3n) is 3.51. The zero-order chi connectivity index (χ0) is 13.6. The van der Waals surface area contributed by atoms with Crippen LogP contribution in [0.25, 0.3) is 0 Å². The molecule has 1 aromatic carbocycles. The van der Waals surface area contributed by atoms with Gasteiger partial charge in [0.25, 0.3) is 0 Å². The van der Waals surface area contributed by atoms with E-state index in [4.69, 9.17) is 18.0 Å². The molecule has 0 aromatic heterocycles. The maximum atomic E-state index is 5.58. The van der Waals surface area contributed by atoms with E-state index in [0.717, 1.165) is 17.8 Å². The number of anilines is 1. The van der Waals surface area contributed by atoms with Crippen molar-refractivity contribution in [2.24, 2.45) is 5.73 Å². The van der Waals surface area contributed by atoms with E-state index in [0.29, 0.717) is 9.74 Å². The molecule has 0 aliphatic rings. The van der Waals surface area contributed by atoms with E-state index in [1.54, 1.807) is 0 Å². The number of benzene rings is 1. The van der Waals surface area contributed by atoms with E-state index in [9.17, 15) is 0 Å². The summed E-state index contributed by atoms with van der Waals surface area (Å²) in [6.45, 7) is 5.48. The highest BCUT2D eigenvalue weighted by Gasteiger charge is 2.24. The van der Waals surface area contributed by atoms with Crippen LogP contribution in [0.5, 0.6) is 0 Å². The van der Waals surface area contributed by atoms with Gasteiger partial charge >= 0.3 is 0 Å². The quantitative estimate of drug-likeness (QED) is 0.749. The third kappa shape index (κ3) is 3.89. The van der Waals surface area contributed by atoms with Crippen molar-refractivity contribution in [2.75, 3.05) is 18.1 Å². The maximum Gasteiger partial charge on any atom is 0.103 e. The fourth-order valence-corrected chi connectivity index (χ4v) is 2.81. The van der Waals surface area contributed by atoms with Crippen LogP contribution in [0.15, 0.2) is 24.3 Å². The number of thioether (sulfide) groups is 1. The van der Waals surface area contributed by atoms with Crippen LogP contribution in [0.3, 0.4) is 0 Å². The lowest BCUT2D eigenvalue weighted by Crippen LogP contribution is -2.31. The van der Waals surface area contributed by atoms with E-state index < -0.39 is 0 Å². The largest absolute Gasteiger partial charge is 0.389 e. The number of rotatable bonds is 7. The first-order valence-electron chi connectivity index (χ1n) is 6.25. The van der Waals surface area contributed by atoms with Gasteiger partial charge in [0, 0.05) is 22.5 Å². The molecule has 0 spiro atoms. The molecule has 0 aliphatic heterocycles. The van der Waals surface area contributed by atoms with Gasteiger partial charge in [0.05, 0.1) is 0 Å². The fourth-order valence-electron chi connectivity index (χ4n) is 1.88. The number of nitrogens with one attached hydrogen (secondary N) is 1. The minimum Gasteiger partial charge on any atom is -0.389 e. The normalized spacial score (nSPS) is 11.3. The topological polar surface area (TPSA) is 38.0 Å². The first-order chi connectivity index (χ1) is 8.56. The minimum absolute atomic E-state index is 0.321. The average Bonchev–Trinajstić information content (AvgIpc) is 2.41. The number of nitrogens with two attached hydrogens (primary N) is 1. The molecule has 0 bridgehead atoms. The zero-order valence-electron chi connectivity index (χ0n) is 11.3. The molecule has 0 saturated heterocycles. The number of hydrogen-bond acceptors (Lipinski definition) is 3. The third-order valence-corrected chi connectivity index (χ3v) is 5.33. The monoisotopic (exact) mass is 282 g/mol. The van der Waals surface area contributed by atoms with Crippen LogP contribution < -0.4 is 11.1 Å². The van der Waals surface area contributed by atoms with Gasteiger partial charge in [-0.3, -0.25) is 0 Å². The lowest BCUT2D eigenvalue weighted by atomic mass is 10.0. The lowest BCUT2D eigenvalue weighted by molar-refractivity contribution is 0.575. The maximum absolute atomic E-state index is 5.58. The van der Waals surface area contributed by atoms with Crippen molar-refractivity contribution < 1.29 is 0 Å². The molecule has 0 saturated carbocycles. The highest BCUT2D eigenvalue weighted by Crippen LogP contribution is 2.30. The summed E-state index contributed by atoms with van der Waals surface area (Å²) in [5, 5.41) is 3.50. The van der Waals surface area contributed by atoms with Gasteiger partial charge in [-0.1, -0.05) is 26.1 Å². The van der Waals surface area contributed by atoms with Crippen molar-refractivity contribution in [3.8, 4) is 0 Å². The summed E-state index contributed by atoms with van der Waals surface area (Å²) in [4.78, 5) is 0.446. The van der Waals surface area contributed by atoms with Gasteiger partial charge in [0.1, 0.15) is 4.99 Å². The van der Waals surface area contributed by atoms with Crippen molar-refractivity contribution in [1.82, 2.24) is 0 Å². The van der Waals surface area contributed by atoms with E-state index in [-0.39, 0.29) is 0 Å². The molecular weight excluding hydrogens is 260 g/mol. The molecule has 0 fully saturated rings. The van der Waals surface area contributed by atoms with Gasteiger partial charge in [-0.25, -0.2) is 0 Å². The average molecular weight is 282 g/mol. The molecule has 0 aliphatic carbocycles. The molecule has 0 radical (unpaired) electrons. The van der Waals surface area contributed by atoms with Crippen molar-refractivity contribution in [2.45, 2.75) is 31.4 Å².